The number of carboxylic acids is 1. The molecule has 0 bridgehead atoms. The number of nitrogens with one attached hydrogen (secondary N) is 1. The summed E-state index contributed by atoms with van der Waals surface area (Å²) < 4.78 is 0. The Morgan fingerprint density at radius 1 is 1.44 bits per heavy atom. The predicted octanol–water partition coefficient (Wildman–Crippen LogP) is 1.37. The van der Waals surface area contributed by atoms with E-state index in [0.29, 0.717) is 0 Å². The first-order valence-electron chi connectivity index (χ1n) is 5.84. The number of carbonyl (C=O) groups excluding carboxylic acids is 1. The fraction of sp³-hybridized carbons (Fsp3) is 0.462. The van der Waals surface area contributed by atoms with Crippen LogP contribution in [0.5, 0.6) is 0 Å². The first-order chi connectivity index (χ1) is 8.39. The molecule has 1 aromatic heterocycles. The molecular formula is C13H18N2O3. The standard InChI is InChI=1S/C13H18N2O3/c1-4-9-6-5-7-14-10(9)8-15-11(16)13(2,3)12(17)18/h5-7H,4,8H2,1-3H3,(H,15,16)(H,17,18). The minimum Gasteiger partial charge on any atom is -0.480 e. The Labute approximate surface area is 106 Å². The highest BCUT2D eigenvalue weighted by molar-refractivity contribution is 6.00. The zero-order valence-corrected chi connectivity index (χ0v) is 10.9. The number of aromatic nitrogens is 1. The summed E-state index contributed by atoms with van der Waals surface area (Å²) in [5.41, 5.74) is 0.390. The third kappa shape index (κ3) is 3.06. The lowest BCUT2D eigenvalue weighted by atomic mass is 9.92. The van der Waals surface area contributed by atoms with E-state index in [9.17, 15) is 9.59 Å². The van der Waals surface area contributed by atoms with Gasteiger partial charge in [0, 0.05) is 6.20 Å². The van der Waals surface area contributed by atoms with Crippen LogP contribution in [0.4, 0.5) is 0 Å². The average molecular weight is 250 g/mol. The Kier molecular flexibility index (Phi) is 4.42. The highest BCUT2D eigenvalue weighted by atomic mass is 16.4. The first-order valence-corrected chi connectivity index (χ1v) is 5.84. The number of aliphatic carboxylic acids is 1. The second-order valence-electron chi connectivity index (χ2n) is 4.58. The first kappa shape index (κ1) is 14.2. The molecule has 0 saturated heterocycles. The monoisotopic (exact) mass is 250 g/mol. The molecule has 1 amide bonds. The van der Waals surface area contributed by atoms with Gasteiger partial charge in [-0.2, -0.15) is 0 Å². The van der Waals surface area contributed by atoms with Crippen molar-refractivity contribution in [3.05, 3.63) is 29.6 Å². The number of hydrogen-bond donors (Lipinski definition) is 2. The van der Waals surface area contributed by atoms with Crippen LogP contribution in [0, 0.1) is 5.41 Å². The van der Waals surface area contributed by atoms with Crippen LogP contribution in [0.15, 0.2) is 18.3 Å². The fourth-order valence-electron chi connectivity index (χ4n) is 1.43. The van der Waals surface area contributed by atoms with E-state index >= 15 is 0 Å². The summed E-state index contributed by atoms with van der Waals surface area (Å²) in [7, 11) is 0. The molecule has 18 heavy (non-hydrogen) atoms. The van der Waals surface area contributed by atoms with Gasteiger partial charge in [0.1, 0.15) is 5.41 Å². The molecule has 5 nitrogen and oxygen atoms in total. The molecule has 0 fully saturated rings. The van der Waals surface area contributed by atoms with Crippen molar-refractivity contribution in [3.8, 4) is 0 Å². The van der Waals surface area contributed by atoms with Gasteiger partial charge in [-0.1, -0.05) is 13.0 Å². The largest absolute Gasteiger partial charge is 0.480 e. The van der Waals surface area contributed by atoms with Gasteiger partial charge in [-0.15, -0.1) is 0 Å². The molecule has 98 valence electrons. The summed E-state index contributed by atoms with van der Waals surface area (Å²) in [6, 6.07) is 3.78. The number of rotatable bonds is 5. The van der Waals surface area contributed by atoms with Crippen molar-refractivity contribution in [2.24, 2.45) is 5.41 Å². The van der Waals surface area contributed by atoms with Crippen molar-refractivity contribution < 1.29 is 14.7 Å². The highest BCUT2D eigenvalue weighted by Gasteiger charge is 2.35. The maximum Gasteiger partial charge on any atom is 0.318 e. The smallest absolute Gasteiger partial charge is 0.318 e. The summed E-state index contributed by atoms with van der Waals surface area (Å²) >= 11 is 0. The highest BCUT2D eigenvalue weighted by Crippen LogP contribution is 2.15. The van der Waals surface area contributed by atoms with Crippen molar-refractivity contribution in [2.45, 2.75) is 33.7 Å². The number of pyridine rings is 1. The quantitative estimate of drug-likeness (QED) is 0.773. The average Bonchev–Trinajstić information content (AvgIpc) is 2.35. The summed E-state index contributed by atoms with van der Waals surface area (Å²) in [6.07, 6.45) is 2.48. The molecule has 1 heterocycles. The van der Waals surface area contributed by atoms with Crippen LogP contribution in [0.25, 0.3) is 0 Å². The van der Waals surface area contributed by atoms with Crippen molar-refractivity contribution in [2.75, 3.05) is 0 Å². The van der Waals surface area contributed by atoms with Crippen LogP contribution in [0.3, 0.4) is 0 Å². The SMILES string of the molecule is CCc1cccnc1CNC(=O)C(C)(C)C(=O)O. The van der Waals surface area contributed by atoms with Gasteiger partial charge in [0.15, 0.2) is 0 Å². The number of amides is 1. The third-order valence-electron chi connectivity index (χ3n) is 2.88. The van der Waals surface area contributed by atoms with Crippen LogP contribution in [-0.2, 0) is 22.6 Å². The normalized spacial score (nSPS) is 11.1. The van der Waals surface area contributed by atoms with Gasteiger partial charge in [-0.05, 0) is 31.9 Å². The Balaban J connectivity index is 2.71. The van der Waals surface area contributed by atoms with Gasteiger partial charge in [0.05, 0.1) is 12.2 Å². The van der Waals surface area contributed by atoms with Gasteiger partial charge in [0.2, 0.25) is 5.91 Å². The van der Waals surface area contributed by atoms with Crippen molar-refractivity contribution >= 4 is 11.9 Å². The lowest BCUT2D eigenvalue weighted by molar-refractivity contribution is -0.153. The van der Waals surface area contributed by atoms with Crippen molar-refractivity contribution in [1.82, 2.24) is 10.3 Å². The summed E-state index contributed by atoms with van der Waals surface area (Å²) in [5, 5.41) is 11.5. The van der Waals surface area contributed by atoms with Crippen LogP contribution in [-0.4, -0.2) is 22.0 Å². The van der Waals surface area contributed by atoms with Crippen molar-refractivity contribution in [1.29, 1.82) is 0 Å². The van der Waals surface area contributed by atoms with Gasteiger partial charge >= 0.3 is 5.97 Å². The summed E-state index contributed by atoms with van der Waals surface area (Å²) in [6.45, 7) is 5.01. The molecule has 0 aliphatic carbocycles. The third-order valence-corrected chi connectivity index (χ3v) is 2.88. The van der Waals surface area contributed by atoms with Crippen LogP contribution in [0.1, 0.15) is 32.0 Å². The number of carboxylic acid groups (broad SMARTS) is 1. The Hall–Kier alpha value is -1.91. The van der Waals surface area contributed by atoms with Crippen LogP contribution >= 0.6 is 0 Å². The molecule has 0 aromatic carbocycles. The molecule has 1 rings (SSSR count). The molecule has 0 aliphatic rings. The fourth-order valence-corrected chi connectivity index (χ4v) is 1.43. The molecule has 0 radical (unpaired) electrons. The second-order valence-corrected chi connectivity index (χ2v) is 4.58. The van der Waals surface area contributed by atoms with Gasteiger partial charge < -0.3 is 10.4 Å². The van der Waals surface area contributed by atoms with Gasteiger partial charge in [0.25, 0.3) is 0 Å². The molecule has 0 aliphatic heterocycles. The molecule has 5 heteroatoms. The lowest BCUT2D eigenvalue weighted by Crippen LogP contribution is -2.42. The van der Waals surface area contributed by atoms with Crippen LogP contribution in [0.2, 0.25) is 0 Å². The van der Waals surface area contributed by atoms with E-state index in [1.807, 2.05) is 19.1 Å². The number of hydrogen-bond acceptors (Lipinski definition) is 3. The molecule has 0 atom stereocenters. The number of aryl methyl sites for hydroxylation is 1. The second kappa shape index (κ2) is 5.62. The van der Waals surface area contributed by atoms with E-state index in [1.54, 1.807) is 6.20 Å². The maximum atomic E-state index is 11.8. The van der Waals surface area contributed by atoms with E-state index in [2.05, 4.69) is 10.3 Å². The summed E-state index contributed by atoms with van der Waals surface area (Å²) in [4.78, 5) is 26.9. The van der Waals surface area contributed by atoms with E-state index in [0.717, 1.165) is 17.7 Å². The van der Waals surface area contributed by atoms with E-state index in [1.165, 1.54) is 13.8 Å². The Morgan fingerprint density at radius 3 is 2.67 bits per heavy atom. The van der Waals surface area contributed by atoms with Gasteiger partial charge in [-0.3, -0.25) is 14.6 Å². The Bertz CT molecular complexity index is 455. The molecule has 0 spiro atoms. The molecule has 1 aromatic rings. The zero-order valence-electron chi connectivity index (χ0n) is 10.9. The molecule has 0 saturated carbocycles. The number of nitrogens with zero attached hydrogens (tertiary/aromatic N) is 1. The Morgan fingerprint density at radius 2 is 2.11 bits per heavy atom. The lowest BCUT2D eigenvalue weighted by Gasteiger charge is -2.18. The summed E-state index contributed by atoms with van der Waals surface area (Å²) in [5.74, 6) is -1.65. The predicted molar refractivity (Wildman–Crippen MR) is 66.9 cm³/mol. The van der Waals surface area contributed by atoms with E-state index < -0.39 is 17.3 Å². The van der Waals surface area contributed by atoms with Gasteiger partial charge in [-0.25, -0.2) is 0 Å². The van der Waals surface area contributed by atoms with E-state index in [4.69, 9.17) is 5.11 Å². The minimum absolute atomic E-state index is 0.250. The molecule has 0 unspecified atom stereocenters. The molecular weight excluding hydrogens is 232 g/mol. The van der Waals surface area contributed by atoms with Crippen molar-refractivity contribution in [3.63, 3.8) is 0 Å². The topological polar surface area (TPSA) is 79.3 Å². The molecule has 2 N–H and O–H groups in total. The van der Waals surface area contributed by atoms with E-state index in [-0.39, 0.29) is 6.54 Å². The minimum atomic E-state index is -1.43. The zero-order chi connectivity index (χ0) is 13.8. The maximum absolute atomic E-state index is 11.8. The van der Waals surface area contributed by atoms with Crippen LogP contribution < -0.4 is 5.32 Å². The number of carbonyl (C=O) groups is 2.